The van der Waals surface area contributed by atoms with E-state index in [1.807, 2.05) is 0 Å². The summed E-state index contributed by atoms with van der Waals surface area (Å²) in [5, 5.41) is 2.65. The van der Waals surface area contributed by atoms with E-state index in [0.717, 1.165) is 0 Å². The Balaban J connectivity index is 2.78. The summed E-state index contributed by atoms with van der Waals surface area (Å²) in [6.45, 7) is 7.34. The second kappa shape index (κ2) is 7.61. The summed E-state index contributed by atoms with van der Waals surface area (Å²) < 4.78 is 10.1. The fourth-order valence-electron chi connectivity index (χ4n) is 1.65. The van der Waals surface area contributed by atoms with Gasteiger partial charge in [0.15, 0.2) is 0 Å². The van der Waals surface area contributed by atoms with Crippen LogP contribution in [-0.4, -0.2) is 29.3 Å². The number of hydrogen-bond donors (Lipinski definition) is 1. The molecule has 1 N–H and O–H groups in total. The molecule has 116 valence electrons. The first-order chi connectivity index (χ1) is 9.81. The average Bonchev–Trinajstić information content (AvgIpc) is 2.37. The Labute approximate surface area is 124 Å². The quantitative estimate of drug-likeness (QED) is 0.845. The molecule has 0 saturated heterocycles. The Hall–Kier alpha value is -2.11. The third-order valence-corrected chi connectivity index (χ3v) is 2.41. The molecular weight excluding hydrogens is 272 g/mol. The monoisotopic (exact) mass is 294 g/mol. The zero-order chi connectivity index (χ0) is 15.9. The summed E-state index contributed by atoms with van der Waals surface area (Å²) in [7, 11) is 0. The zero-order valence-electron chi connectivity index (χ0n) is 12.9. The van der Waals surface area contributed by atoms with Crippen LogP contribution in [0.2, 0.25) is 0 Å². The molecule has 6 heteroatoms. The highest BCUT2D eigenvalue weighted by atomic mass is 16.6. The van der Waals surface area contributed by atoms with Gasteiger partial charge in [-0.25, -0.2) is 4.79 Å². The predicted molar refractivity (Wildman–Crippen MR) is 77.6 cm³/mol. The minimum Gasteiger partial charge on any atom is -0.466 e. The van der Waals surface area contributed by atoms with E-state index in [-0.39, 0.29) is 6.42 Å². The van der Waals surface area contributed by atoms with Gasteiger partial charge in [-0.2, -0.15) is 0 Å². The van der Waals surface area contributed by atoms with Crippen LogP contribution in [0.4, 0.5) is 4.79 Å². The van der Waals surface area contributed by atoms with Crippen LogP contribution in [0, 0.1) is 0 Å². The van der Waals surface area contributed by atoms with Crippen molar-refractivity contribution in [3.05, 3.63) is 30.1 Å². The minimum atomic E-state index is -0.608. The van der Waals surface area contributed by atoms with Crippen LogP contribution in [0.3, 0.4) is 0 Å². The summed E-state index contributed by atoms with van der Waals surface area (Å²) in [5.74, 6) is -0.399. The summed E-state index contributed by atoms with van der Waals surface area (Å²) >= 11 is 0. The molecule has 1 amide bonds. The van der Waals surface area contributed by atoms with Crippen LogP contribution in [0.25, 0.3) is 0 Å². The second-order valence-corrected chi connectivity index (χ2v) is 5.46. The molecule has 1 atom stereocenters. The van der Waals surface area contributed by atoms with Crippen molar-refractivity contribution >= 4 is 12.1 Å². The lowest BCUT2D eigenvalue weighted by Gasteiger charge is -2.23. The maximum absolute atomic E-state index is 11.9. The lowest BCUT2D eigenvalue weighted by molar-refractivity contribution is -0.143. The van der Waals surface area contributed by atoms with E-state index in [1.165, 1.54) is 0 Å². The van der Waals surface area contributed by atoms with Gasteiger partial charge in [-0.1, -0.05) is 6.07 Å². The summed E-state index contributed by atoms with van der Waals surface area (Å²) in [5.41, 5.74) is -0.0284. The topological polar surface area (TPSA) is 77.5 Å². The van der Waals surface area contributed by atoms with Gasteiger partial charge in [0.1, 0.15) is 5.60 Å². The first-order valence-electron chi connectivity index (χ1n) is 6.88. The molecule has 0 aliphatic carbocycles. The van der Waals surface area contributed by atoms with Gasteiger partial charge in [0.25, 0.3) is 0 Å². The Morgan fingerprint density at radius 3 is 2.57 bits per heavy atom. The lowest BCUT2D eigenvalue weighted by Crippen LogP contribution is -2.36. The van der Waals surface area contributed by atoms with E-state index in [2.05, 4.69) is 10.3 Å². The Morgan fingerprint density at radius 2 is 2.05 bits per heavy atom. The van der Waals surface area contributed by atoms with Gasteiger partial charge < -0.3 is 14.8 Å². The van der Waals surface area contributed by atoms with Crippen molar-refractivity contribution in [2.75, 3.05) is 6.61 Å². The van der Waals surface area contributed by atoms with Crippen LogP contribution in [0.5, 0.6) is 0 Å². The molecule has 0 radical (unpaired) electrons. The maximum Gasteiger partial charge on any atom is 0.408 e. The molecule has 0 aromatic carbocycles. The van der Waals surface area contributed by atoms with E-state index in [4.69, 9.17) is 9.47 Å². The normalized spacial score (nSPS) is 12.4. The van der Waals surface area contributed by atoms with Crippen molar-refractivity contribution in [3.63, 3.8) is 0 Å². The van der Waals surface area contributed by atoms with Gasteiger partial charge in [-0.3, -0.25) is 9.78 Å². The number of hydrogen-bond acceptors (Lipinski definition) is 5. The van der Waals surface area contributed by atoms with E-state index in [1.54, 1.807) is 52.1 Å². The first kappa shape index (κ1) is 16.9. The number of pyridine rings is 1. The zero-order valence-corrected chi connectivity index (χ0v) is 12.9. The fourth-order valence-corrected chi connectivity index (χ4v) is 1.65. The number of alkyl carbamates (subject to hydrolysis) is 1. The first-order valence-corrected chi connectivity index (χ1v) is 6.88. The van der Waals surface area contributed by atoms with Crippen LogP contribution in [0.15, 0.2) is 24.4 Å². The summed E-state index contributed by atoms with van der Waals surface area (Å²) in [6.07, 6.45) is 1.01. The highest BCUT2D eigenvalue weighted by molar-refractivity contribution is 5.73. The number of nitrogens with zero attached hydrogens (tertiary/aromatic N) is 1. The molecule has 0 unspecified atom stereocenters. The number of ether oxygens (including phenoxy) is 2. The van der Waals surface area contributed by atoms with E-state index in [0.29, 0.717) is 12.3 Å². The van der Waals surface area contributed by atoms with Gasteiger partial charge in [-0.15, -0.1) is 0 Å². The van der Waals surface area contributed by atoms with Crippen molar-refractivity contribution in [2.24, 2.45) is 0 Å². The number of carbonyl (C=O) groups excluding carboxylic acids is 2. The number of rotatable bonds is 5. The Kier molecular flexibility index (Phi) is 6.14. The lowest BCUT2D eigenvalue weighted by atomic mass is 10.1. The molecule has 0 saturated carbocycles. The standard InChI is InChI=1S/C15H22N2O4/c1-5-20-13(18)10-12(11-8-6-7-9-16-11)17-14(19)21-15(2,3)4/h6-9,12H,5,10H2,1-4H3,(H,17,19)/t12-/m1/s1. The number of esters is 1. The molecule has 0 bridgehead atoms. The number of carbonyl (C=O) groups is 2. The molecule has 1 aromatic heterocycles. The fraction of sp³-hybridized carbons (Fsp3) is 0.533. The van der Waals surface area contributed by atoms with Crippen LogP contribution in [-0.2, 0) is 14.3 Å². The van der Waals surface area contributed by atoms with Crippen LogP contribution < -0.4 is 5.32 Å². The average molecular weight is 294 g/mol. The molecule has 1 heterocycles. The van der Waals surface area contributed by atoms with Crippen LogP contribution >= 0.6 is 0 Å². The molecular formula is C15H22N2O4. The highest BCUT2D eigenvalue weighted by Crippen LogP contribution is 2.16. The third-order valence-electron chi connectivity index (χ3n) is 2.41. The predicted octanol–water partition coefficient (Wildman–Crippen LogP) is 2.60. The molecule has 21 heavy (non-hydrogen) atoms. The molecule has 0 spiro atoms. The molecule has 0 aliphatic rings. The van der Waals surface area contributed by atoms with Crippen molar-refractivity contribution in [2.45, 2.75) is 45.8 Å². The van der Waals surface area contributed by atoms with E-state index in [9.17, 15) is 9.59 Å². The number of amides is 1. The van der Waals surface area contributed by atoms with Crippen molar-refractivity contribution in [1.29, 1.82) is 0 Å². The minimum absolute atomic E-state index is 0.00406. The summed E-state index contributed by atoms with van der Waals surface area (Å²) in [4.78, 5) is 27.7. The molecule has 0 fully saturated rings. The second-order valence-electron chi connectivity index (χ2n) is 5.46. The van der Waals surface area contributed by atoms with Gasteiger partial charge in [0.2, 0.25) is 0 Å². The van der Waals surface area contributed by atoms with E-state index < -0.39 is 23.7 Å². The molecule has 0 aliphatic heterocycles. The van der Waals surface area contributed by atoms with Gasteiger partial charge in [0, 0.05) is 6.20 Å². The number of aromatic nitrogens is 1. The Bertz CT molecular complexity index is 468. The molecule has 6 nitrogen and oxygen atoms in total. The Morgan fingerprint density at radius 1 is 1.33 bits per heavy atom. The third kappa shape index (κ3) is 6.74. The molecule has 1 rings (SSSR count). The SMILES string of the molecule is CCOC(=O)C[C@@H](NC(=O)OC(C)(C)C)c1ccccn1. The van der Waals surface area contributed by atoms with Crippen molar-refractivity contribution in [1.82, 2.24) is 10.3 Å². The number of nitrogens with one attached hydrogen (secondary N) is 1. The van der Waals surface area contributed by atoms with Gasteiger partial charge >= 0.3 is 12.1 Å². The largest absolute Gasteiger partial charge is 0.466 e. The summed E-state index contributed by atoms with van der Waals surface area (Å²) in [6, 6.07) is 4.71. The van der Waals surface area contributed by atoms with Gasteiger partial charge in [0.05, 0.1) is 24.8 Å². The van der Waals surface area contributed by atoms with Crippen LogP contribution in [0.1, 0.15) is 45.9 Å². The maximum atomic E-state index is 11.9. The van der Waals surface area contributed by atoms with Crippen molar-refractivity contribution in [3.8, 4) is 0 Å². The van der Waals surface area contributed by atoms with Crippen molar-refractivity contribution < 1.29 is 19.1 Å². The smallest absolute Gasteiger partial charge is 0.408 e. The molecule has 1 aromatic rings. The van der Waals surface area contributed by atoms with E-state index >= 15 is 0 Å². The highest BCUT2D eigenvalue weighted by Gasteiger charge is 2.23. The van der Waals surface area contributed by atoms with Gasteiger partial charge in [-0.05, 0) is 39.8 Å².